The summed E-state index contributed by atoms with van der Waals surface area (Å²) in [6, 6.07) is 1.79. The highest BCUT2D eigenvalue weighted by atomic mass is 35.5. The van der Waals surface area contributed by atoms with Crippen molar-refractivity contribution in [2.45, 2.75) is 19.9 Å². The van der Waals surface area contributed by atoms with Crippen molar-refractivity contribution < 1.29 is 28.9 Å². The molecule has 8 nitrogen and oxygen atoms in total. The Morgan fingerprint density at radius 1 is 1.37 bits per heavy atom. The van der Waals surface area contributed by atoms with E-state index in [0.29, 0.717) is 17.9 Å². The number of hydrogen-bond donors (Lipinski definition) is 2. The maximum Gasteiger partial charge on any atom is 0.338 e. The first-order valence-corrected chi connectivity index (χ1v) is 8.75. The van der Waals surface area contributed by atoms with E-state index in [1.54, 1.807) is 14.0 Å². The zero-order chi connectivity index (χ0) is 20.1. The van der Waals surface area contributed by atoms with Gasteiger partial charge in [-0.15, -0.1) is 0 Å². The van der Waals surface area contributed by atoms with E-state index in [4.69, 9.17) is 25.8 Å². The van der Waals surface area contributed by atoms with Crippen LogP contribution in [0.15, 0.2) is 23.4 Å². The molecule has 0 aliphatic carbocycles. The van der Waals surface area contributed by atoms with Gasteiger partial charge in [-0.05, 0) is 31.5 Å². The van der Waals surface area contributed by atoms with Crippen LogP contribution in [0.1, 0.15) is 25.5 Å². The number of phenolic OH excluding ortho intramolecular Hbond substituents is 1. The number of nitrogens with zero attached hydrogens (tertiary/aromatic N) is 1. The Labute approximate surface area is 162 Å². The number of phenols is 1. The van der Waals surface area contributed by atoms with Gasteiger partial charge in [0.2, 0.25) is 0 Å². The maximum atomic E-state index is 12.7. The van der Waals surface area contributed by atoms with Gasteiger partial charge in [-0.2, -0.15) is 0 Å². The fraction of sp³-hybridized carbons (Fsp3) is 0.444. The number of urea groups is 1. The number of halogens is 1. The number of carbonyl (C=O) groups is 2. The molecule has 1 aromatic carbocycles. The average Bonchev–Trinajstić information content (AvgIpc) is 2.64. The van der Waals surface area contributed by atoms with E-state index in [1.165, 1.54) is 24.1 Å². The number of nitrogens with one attached hydrogen (secondary N) is 1. The lowest BCUT2D eigenvalue weighted by molar-refractivity contribution is -0.141. The number of benzene rings is 1. The van der Waals surface area contributed by atoms with E-state index in [2.05, 4.69) is 5.32 Å². The van der Waals surface area contributed by atoms with Gasteiger partial charge >= 0.3 is 12.0 Å². The summed E-state index contributed by atoms with van der Waals surface area (Å²) in [4.78, 5) is 26.3. The topological polar surface area (TPSA) is 97.3 Å². The quantitative estimate of drug-likeness (QED) is 0.541. The molecule has 1 atom stereocenters. The number of ether oxygens (including phenoxy) is 3. The van der Waals surface area contributed by atoms with Crippen molar-refractivity contribution >= 4 is 23.6 Å². The first-order valence-electron chi connectivity index (χ1n) is 8.38. The van der Waals surface area contributed by atoms with Crippen molar-refractivity contribution in [2.24, 2.45) is 0 Å². The second-order valence-electron chi connectivity index (χ2n) is 5.83. The van der Waals surface area contributed by atoms with Crippen LogP contribution >= 0.6 is 11.6 Å². The molecular weight excluding hydrogens is 376 g/mol. The molecule has 0 unspecified atom stereocenters. The monoisotopic (exact) mass is 398 g/mol. The minimum atomic E-state index is -0.805. The van der Waals surface area contributed by atoms with Crippen LogP contribution in [-0.2, 0) is 14.3 Å². The van der Waals surface area contributed by atoms with Crippen molar-refractivity contribution in [3.05, 3.63) is 34.0 Å². The number of amides is 2. The molecule has 1 aliphatic rings. The van der Waals surface area contributed by atoms with Gasteiger partial charge in [0.25, 0.3) is 0 Å². The third kappa shape index (κ3) is 4.45. The normalized spacial score (nSPS) is 17.0. The number of esters is 1. The predicted octanol–water partition coefficient (Wildman–Crippen LogP) is 2.60. The van der Waals surface area contributed by atoms with Crippen molar-refractivity contribution in [3.8, 4) is 11.5 Å². The van der Waals surface area contributed by atoms with Crippen LogP contribution in [0.5, 0.6) is 11.5 Å². The minimum absolute atomic E-state index is 0.0410. The third-order valence-electron chi connectivity index (χ3n) is 4.24. The lowest BCUT2D eigenvalue weighted by Crippen LogP contribution is -2.46. The van der Waals surface area contributed by atoms with Crippen LogP contribution in [0.25, 0.3) is 0 Å². The van der Waals surface area contributed by atoms with E-state index in [0.717, 1.165) is 0 Å². The van der Waals surface area contributed by atoms with Crippen molar-refractivity contribution in [2.75, 3.05) is 34.0 Å². The van der Waals surface area contributed by atoms with Crippen LogP contribution in [0.2, 0.25) is 5.02 Å². The fourth-order valence-corrected chi connectivity index (χ4v) is 2.90. The number of allylic oxidation sites excluding steroid dienone is 1. The molecule has 27 heavy (non-hydrogen) atoms. The van der Waals surface area contributed by atoms with Crippen LogP contribution in [0.3, 0.4) is 0 Å². The van der Waals surface area contributed by atoms with Crippen molar-refractivity contribution in [1.29, 1.82) is 0 Å². The van der Waals surface area contributed by atoms with Gasteiger partial charge < -0.3 is 29.5 Å². The summed E-state index contributed by atoms with van der Waals surface area (Å²) in [5, 5.41) is 12.7. The summed E-state index contributed by atoms with van der Waals surface area (Å²) in [5.41, 5.74) is 1.19. The van der Waals surface area contributed by atoms with Gasteiger partial charge in [-0.3, -0.25) is 0 Å². The standard InChI is InChI=1S/C18H23ClN2O6/c1-5-26-6-7-27-17(23)14-10(2)21(3)18(24)20-15(14)11-8-12(19)16(22)13(9-11)25-4/h8-9,15,22H,5-7H2,1-4H3,(H,20,24)/t15-/m1/s1. The van der Waals surface area contributed by atoms with E-state index in [-0.39, 0.29) is 41.3 Å². The van der Waals surface area contributed by atoms with Gasteiger partial charge in [0.1, 0.15) is 6.61 Å². The Kier molecular flexibility index (Phi) is 6.92. The molecule has 0 spiro atoms. The summed E-state index contributed by atoms with van der Waals surface area (Å²) in [7, 11) is 2.94. The number of carbonyl (C=O) groups excluding carboxylic acids is 2. The zero-order valence-corrected chi connectivity index (χ0v) is 16.4. The van der Waals surface area contributed by atoms with Gasteiger partial charge in [-0.1, -0.05) is 11.6 Å². The Balaban J connectivity index is 2.42. The van der Waals surface area contributed by atoms with Crippen LogP contribution in [0, 0.1) is 0 Å². The zero-order valence-electron chi connectivity index (χ0n) is 15.7. The molecule has 1 aromatic rings. The summed E-state index contributed by atoms with van der Waals surface area (Å²) < 4.78 is 15.6. The summed E-state index contributed by atoms with van der Waals surface area (Å²) in [6.07, 6.45) is 0. The minimum Gasteiger partial charge on any atom is -0.503 e. The molecule has 2 N–H and O–H groups in total. The van der Waals surface area contributed by atoms with E-state index in [9.17, 15) is 14.7 Å². The number of aromatic hydroxyl groups is 1. The van der Waals surface area contributed by atoms with Crippen LogP contribution < -0.4 is 10.1 Å². The maximum absolute atomic E-state index is 12.7. The van der Waals surface area contributed by atoms with Gasteiger partial charge in [0, 0.05) is 19.4 Å². The smallest absolute Gasteiger partial charge is 0.338 e. The largest absolute Gasteiger partial charge is 0.503 e. The van der Waals surface area contributed by atoms with Gasteiger partial charge in [0.05, 0.1) is 30.4 Å². The van der Waals surface area contributed by atoms with E-state index < -0.39 is 12.0 Å². The average molecular weight is 399 g/mol. The molecule has 0 radical (unpaired) electrons. The van der Waals surface area contributed by atoms with E-state index in [1.807, 2.05) is 6.92 Å². The van der Waals surface area contributed by atoms with Crippen LogP contribution in [0.4, 0.5) is 4.79 Å². The summed E-state index contributed by atoms with van der Waals surface area (Å²) in [5.74, 6) is -0.664. The van der Waals surface area contributed by atoms with Crippen molar-refractivity contribution in [1.82, 2.24) is 10.2 Å². The molecule has 148 valence electrons. The molecule has 0 bridgehead atoms. The highest BCUT2D eigenvalue weighted by Crippen LogP contribution is 2.39. The Morgan fingerprint density at radius 2 is 2.07 bits per heavy atom. The lowest BCUT2D eigenvalue weighted by Gasteiger charge is -2.33. The molecular formula is C18H23ClN2O6. The number of methoxy groups -OCH3 is 1. The molecule has 1 aliphatic heterocycles. The SMILES string of the molecule is CCOCCOC(=O)C1=C(C)N(C)C(=O)N[C@@H]1c1cc(Cl)c(O)c(OC)c1. The predicted molar refractivity (Wildman–Crippen MR) is 98.9 cm³/mol. The lowest BCUT2D eigenvalue weighted by atomic mass is 9.94. The molecule has 2 amide bonds. The van der Waals surface area contributed by atoms with Crippen LogP contribution in [-0.4, -0.2) is 56.0 Å². The Hall–Kier alpha value is -2.45. The van der Waals surface area contributed by atoms with E-state index >= 15 is 0 Å². The first kappa shape index (κ1) is 20.9. The van der Waals surface area contributed by atoms with Gasteiger partial charge in [0.15, 0.2) is 11.5 Å². The molecule has 9 heteroatoms. The molecule has 0 saturated heterocycles. The van der Waals surface area contributed by atoms with Crippen molar-refractivity contribution in [3.63, 3.8) is 0 Å². The fourth-order valence-electron chi connectivity index (χ4n) is 2.68. The summed E-state index contributed by atoms with van der Waals surface area (Å²) >= 11 is 6.06. The highest BCUT2D eigenvalue weighted by Gasteiger charge is 2.35. The number of hydrogen-bond acceptors (Lipinski definition) is 6. The second kappa shape index (κ2) is 8.96. The summed E-state index contributed by atoms with van der Waals surface area (Å²) in [6.45, 7) is 4.39. The molecule has 2 rings (SSSR count). The first-order chi connectivity index (χ1) is 12.8. The Morgan fingerprint density at radius 3 is 2.70 bits per heavy atom. The third-order valence-corrected chi connectivity index (χ3v) is 4.53. The molecule has 0 fully saturated rings. The number of rotatable bonds is 7. The molecule has 0 aromatic heterocycles. The van der Waals surface area contributed by atoms with Gasteiger partial charge in [-0.25, -0.2) is 9.59 Å². The molecule has 1 heterocycles. The highest BCUT2D eigenvalue weighted by molar-refractivity contribution is 6.32. The second-order valence-corrected chi connectivity index (χ2v) is 6.23. The molecule has 0 saturated carbocycles. The Bertz CT molecular complexity index is 764.